The molecule has 0 N–H and O–H groups in total. The molecule has 0 saturated carbocycles. The third-order valence-electron chi connectivity index (χ3n) is 2.26. The zero-order valence-corrected chi connectivity index (χ0v) is 8.18. The molecule has 0 aliphatic carbocycles. The molecule has 0 atom stereocenters. The van der Waals surface area contributed by atoms with E-state index in [-0.39, 0.29) is 11.8 Å². The minimum atomic E-state index is 0.157. The average Bonchev–Trinajstić information content (AvgIpc) is 2.65. The van der Waals surface area contributed by atoms with Gasteiger partial charge in [-0.1, -0.05) is 0 Å². The molecule has 4 nitrogen and oxygen atoms in total. The zero-order valence-electron chi connectivity index (χ0n) is 7.36. The van der Waals surface area contributed by atoms with Gasteiger partial charge in [-0.2, -0.15) is 0 Å². The second-order valence-corrected chi connectivity index (χ2v) is 4.33. The summed E-state index contributed by atoms with van der Waals surface area (Å²) in [7, 11) is 0. The summed E-state index contributed by atoms with van der Waals surface area (Å²) in [5.41, 5.74) is 0. The van der Waals surface area contributed by atoms with Crippen molar-refractivity contribution in [1.82, 2.24) is 8.61 Å². The van der Waals surface area contributed by atoms with Crippen LogP contribution < -0.4 is 0 Å². The van der Waals surface area contributed by atoms with Gasteiger partial charge in [0.2, 0.25) is 11.8 Å². The molecular weight excluding hydrogens is 188 g/mol. The van der Waals surface area contributed by atoms with Gasteiger partial charge in [0.15, 0.2) is 0 Å². The predicted octanol–water partition coefficient (Wildman–Crippen LogP) is 0.794. The summed E-state index contributed by atoms with van der Waals surface area (Å²) in [5.74, 6) is 0.314. The SMILES string of the molecule is O=C1CCCN1SN1CCCC1=O. The third-order valence-corrected chi connectivity index (χ3v) is 3.42. The molecule has 0 aromatic carbocycles. The van der Waals surface area contributed by atoms with Gasteiger partial charge < -0.3 is 0 Å². The van der Waals surface area contributed by atoms with Crippen molar-refractivity contribution < 1.29 is 9.59 Å². The van der Waals surface area contributed by atoms with Crippen molar-refractivity contribution in [3.05, 3.63) is 0 Å². The van der Waals surface area contributed by atoms with Gasteiger partial charge in [-0.3, -0.25) is 18.2 Å². The number of rotatable bonds is 2. The van der Waals surface area contributed by atoms with E-state index in [0.29, 0.717) is 12.8 Å². The maximum absolute atomic E-state index is 11.2. The highest BCUT2D eigenvalue weighted by Crippen LogP contribution is 2.27. The van der Waals surface area contributed by atoms with Gasteiger partial charge >= 0.3 is 0 Å². The summed E-state index contributed by atoms with van der Waals surface area (Å²) in [6, 6.07) is 0. The Bertz CT molecular complexity index is 220. The number of nitrogens with zero attached hydrogens (tertiary/aromatic N) is 2. The lowest BCUT2D eigenvalue weighted by atomic mass is 10.4. The van der Waals surface area contributed by atoms with Crippen molar-refractivity contribution in [1.29, 1.82) is 0 Å². The van der Waals surface area contributed by atoms with Crippen LogP contribution in [0.1, 0.15) is 25.7 Å². The van der Waals surface area contributed by atoms with E-state index < -0.39 is 0 Å². The maximum atomic E-state index is 11.2. The molecule has 2 rings (SSSR count). The van der Waals surface area contributed by atoms with Gasteiger partial charge in [0.25, 0.3) is 0 Å². The Hall–Kier alpha value is -0.710. The third kappa shape index (κ3) is 1.80. The fourth-order valence-electron chi connectivity index (χ4n) is 1.54. The summed E-state index contributed by atoms with van der Waals surface area (Å²) in [4.78, 5) is 22.5. The Morgan fingerprint density at radius 2 is 1.38 bits per heavy atom. The molecule has 0 spiro atoms. The molecule has 72 valence electrons. The molecule has 0 aromatic heterocycles. The molecule has 0 aromatic rings. The summed E-state index contributed by atoms with van der Waals surface area (Å²) >= 11 is 1.30. The minimum Gasteiger partial charge on any atom is -0.274 e. The van der Waals surface area contributed by atoms with Crippen LogP contribution in [-0.2, 0) is 9.59 Å². The van der Waals surface area contributed by atoms with E-state index in [4.69, 9.17) is 0 Å². The van der Waals surface area contributed by atoms with Crippen molar-refractivity contribution in [2.75, 3.05) is 13.1 Å². The number of amides is 2. The van der Waals surface area contributed by atoms with Gasteiger partial charge in [-0.15, -0.1) is 0 Å². The van der Waals surface area contributed by atoms with Crippen LogP contribution >= 0.6 is 12.1 Å². The normalized spacial score (nSPS) is 23.4. The van der Waals surface area contributed by atoms with Crippen molar-refractivity contribution in [2.45, 2.75) is 25.7 Å². The molecule has 5 heteroatoms. The summed E-state index contributed by atoms with van der Waals surface area (Å²) in [6.45, 7) is 1.57. The highest BCUT2D eigenvalue weighted by atomic mass is 32.2. The number of carbonyl (C=O) groups excluding carboxylic acids is 2. The Labute approximate surface area is 81.5 Å². The van der Waals surface area contributed by atoms with Crippen molar-refractivity contribution in [3.63, 3.8) is 0 Å². The first-order valence-corrected chi connectivity index (χ1v) is 5.29. The monoisotopic (exact) mass is 200 g/mol. The summed E-state index contributed by atoms with van der Waals surface area (Å²) < 4.78 is 3.40. The van der Waals surface area contributed by atoms with Crippen molar-refractivity contribution >= 4 is 23.9 Å². The smallest absolute Gasteiger partial charge is 0.233 e. The van der Waals surface area contributed by atoms with Crippen LogP contribution in [0, 0.1) is 0 Å². The van der Waals surface area contributed by atoms with E-state index in [9.17, 15) is 9.59 Å². The second kappa shape index (κ2) is 3.57. The number of carbonyl (C=O) groups is 2. The molecule has 0 bridgehead atoms. The molecule has 2 amide bonds. The topological polar surface area (TPSA) is 40.6 Å². The Kier molecular flexibility index (Phi) is 2.44. The van der Waals surface area contributed by atoms with E-state index in [0.717, 1.165) is 25.9 Å². The van der Waals surface area contributed by atoms with Gasteiger partial charge in [0.1, 0.15) is 0 Å². The zero-order chi connectivity index (χ0) is 9.26. The molecule has 2 heterocycles. The Morgan fingerprint density at radius 1 is 0.923 bits per heavy atom. The molecule has 2 aliphatic rings. The van der Waals surface area contributed by atoms with E-state index in [2.05, 4.69) is 0 Å². The lowest BCUT2D eigenvalue weighted by molar-refractivity contribution is -0.124. The molecule has 0 unspecified atom stereocenters. The molecular formula is C8H12N2O2S. The standard InChI is InChI=1S/C8H12N2O2S/c11-7-3-1-5-9(7)13-10-6-2-4-8(10)12/h1-6H2. The highest BCUT2D eigenvalue weighted by Gasteiger charge is 2.28. The van der Waals surface area contributed by atoms with Crippen LogP contribution in [0.4, 0.5) is 0 Å². The van der Waals surface area contributed by atoms with E-state index in [1.54, 1.807) is 8.61 Å². The van der Waals surface area contributed by atoms with E-state index >= 15 is 0 Å². The number of hydrogen-bond donors (Lipinski definition) is 0. The van der Waals surface area contributed by atoms with Gasteiger partial charge in [-0.05, 0) is 12.8 Å². The molecule has 0 radical (unpaired) electrons. The highest BCUT2D eigenvalue weighted by molar-refractivity contribution is 7.95. The number of hydrogen-bond acceptors (Lipinski definition) is 3. The quantitative estimate of drug-likeness (QED) is 0.619. The maximum Gasteiger partial charge on any atom is 0.233 e. The first-order chi connectivity index (χ1) is 6.27. The fourth-order valence-corrected chi connectivity index (χ4v) is 2.56. The largest absolute Gasteiger partial charge is 0.274 e. The van der Waals surface area contributed by atoms with Gasteiger partial charge in [0.05, 0.1) is 12.1 Å². The molecule has 2 saturated heterocycles. The molecule has 13 heavy (non-hydrogen) atoms. The lowest BCUT2D eigenvalue weighted by Gasteiger charge is -2.20. The van der Waals surface area contributed by atoms with Crippen molar-refractivity contribution in [3.8, 4) is 0 Å². The van der Waals surface area contributed by atoms with Crippen molar-refractivity contribution in [2.24, 2.45) is 0 Å². The van der Waals surface area contributed by atoms with Crippen LogP contribution in [0.15, 0.2) is 0 Å². The first kappa shape index (κ1) is 8.87. The lowest BCUT2D eigenvalue weighted by Crippen LogP contribution is -2.26. The Balaban J connectivity index is 1.89. The predicted molar refractivity (Wildman–Crippen MR) is 49.5 cm³/mol. The average molecular weight is 200 g/mol. The molecule has 2 fully saturated rings. The van der Waals surface area contributed by atoms with Crippen LogP contribution in [0.2, 0.25) is 0 Å². The van der Waals surface area contributed by atoms with Crippen LogP contribution in [-0.4, -0.2) is 33.5 Å². The van der Waals surface area contributed by atoms with Crippen LogP contribution in [0.5, 0.6) is 0 Å². The summed E-state index contributed by atoms with van der Waals surface area (Å²) in [5, 5.41) is 0. The summed E-state index contributed by atoms with van der Waals surface area (Å²) in [6.07, 6.45) is 3.12. The van der Waals surface area contributed by atoms with E-state index in [1.807, 2.05) is 0 Å². The Morgan fingerprint density at radius 3 is 1.69 bits per heavy atom. The first-order valence-electron chi connectivity index (χ1n) is 4.56. The van der Waals surface area contributed by atoms with Crippen LogP contribution in [0.3, 0.4) is 0 Å². The van der Waals surface area contributed by atoms with Crippen LogP contribution in [0.25, 0.3) is 0 Å². The van der Waals surface area contributed by atoms with E-state index in [1.165, 1.54) is 12.1 Å². The fraction of sp³-hybridized carbons (Fsp3) is 0.750. The molecule has 2 aliphatic heterocycles. The second-order valence-electron chi connectivity index (χ2n) is 3.28. The minimum absolute atomic E-state index is 0.157. The van der Waals surface area contributed by atoms with Gasteiger partial charge in [0, 0.05) is 25.9 Å². The van der Waals surface area contributed by atoms with Gasteiger partial charge in [-0.25, -0.2) is 0 Å².